The van der Waals surface area contributed by atoms with Crippen LogP contribution in [0.4, 0.5) is 10.1 Å². The van der Waals surface area contributed by atoms with Crippen LogP contribution in [0.3, 0.4) is 0 Å². The van der Waals surface area contributed by atoms with Crippen LogP contribution in [-0.4, -0.2) is 47.8 Å². The average molecular weight is 598 g/mol. The standard InChI is InChI=1S/C36H37ClFN3O2/c1-27-8-5-11-31-26-40(34(42)24-28-12-16-32(37)17-13-28)22-6-20-39(25-29-9-3-2-4-10-29)21-7-23-41(35(27)31)36(43)30-14-18-33(38)19-15-30/h2-5,8-19H,6-7,20-26H2,1H3. The molecule has 0 aromatic heterocycles. The highest BCUT2D eigenvalue weighted by Crippen LogP contribution is 2.29. The Kier molecular flexibility index (Phi) is 10.2. The van der Waals surface area contributed by atoms with Crippen molar-refractivity contribution in [1.82, 2.24) is 9.80 Å². The van der Waals surface area contributed by atoms with Gasteiger partial charge in [0.15, 0.2) is 0 Å². The van der Waals surface area contributed by atoms with Crippen molar-refractivity contribution < 1.29 is 14.0 Å². The van der Waals surface area contributed by atoms with E-state index in [9.17, 15) is 14.0 Å². The molecule has 5 rings (SSSR count). The minimum absolute atomic E-state index is 0.0258. The van der Waals surface area contributed by atoms with Crippen molar-refractivity contribution in [3.8, 4) is 0 Å². The first-order valence-electron chi connectivity index (χ1n) is 14.8. The van der Waals surface area contributed by atoms with E-state index >= 15 is 0 Å². The van der Waals surface area contributed by atoms with Gasteiger partial charge in [-0.3, -0.25) is 14.5 Å². The molecular weight excluding hydrogens is 561 g/mol. The Hall–Kier alpha value is -4.00. The summed E-state index contributed by atoms with van der Waals surface area (Å²) in [5.41, 5.74) is 5.25. The van der Waals surface area contributed by atoms with Crippen LogP contribution in [0.2, 0.25) is 5.02 Å². The van der Waals surface area contributed by atoms with E-state index in [1.165, 1.54) is 29.8 Å². The summed E-state index contributed by atoms with van der Waals surface area (Å²) < 4.78 is 13.7. The maximum Gasteiger partial charge on any atom is 0.258 e. The number of carbonyl (C=O) groups excluding carboxylic acids is 2. The lowest BCUT2D eigenvalue weighted by Gasteiger charge is -2.33. The third kappa shape index (κ3) is 8.09. The van der Waals surface area contributed by atoms with Gasteiger partial charge in [-0.05, 0) is 78.4 Å². The van der Waals surface area contributed by atoms with Crippen LogP contribution < -0.4 is 4.90 Å². The lowest BCUT2D eigenvalue weighted by atomic mass is 10.0. The fraction of sp³-hybridized carbons (Fsp3) is 0.278. The summed E-state index contributed by atoms with van der Waals surface area (Å²) >= 11 is 6.08. The van der Waals surface area contributed by atoms with E-state index in [1.807, 2.05) is 65.3 Å². The molecule has 0 aliphatic carbocycles. The van der Waals surface area contributed by atoms with E-state index in [0.717, 1.165) is 54.9 Å². The quantitative estimate of drug-likeness (QED) is 0.242. The van der Waals surface area contributed by atoms with Crippen molar-refractivity contribution in [2.24, 2.45) is 0 Å². The van der Waals surface area contributed by atoms with E-state index < -0.39 is 0 Å². The molecule has 0 radical (unpaired) electrons. The van der Waals surface area contributed by atoms with Crippen molar-refractivity contribution in [2.45, 2.75) is 39.3 Å². The summed E-state index contributed by atoms with van der Waals surface area (Å²) in [7, 11) is 0. The van der Waals surface area contributed by atoms with Gasteiger partial charge in [0.25, 0.3) is 5.91 Å². The van der Waals surface area contributed by atoms with Crippen LogP contribution in [0.1, 0.15) is 45.5 Å². The first-order chi connectivity index (χ1) is 20.9. The number of benzene rings is 4. The van der Waals surface area contributed by atoms with Crippen LogP contribution in [0.5, 0.6) is 0 Å². The van der Waals surface area contributed by atoms with E-state index in [-0.39, 0.29) is 24.1 Å². The predicted molar refractivity (Wildman–Crippen MR) is 171 cm³/mol. The SMILES string of the molecule is Cc1cccc2c1N(C(=O)c1ccc(F)cc1)CCCN(Cc1ccccc1)CCCN(C(=O)Cc1ccc(Cl)cc1)C2. The number of rotatable bonds is 5. The molecule has 7 heteroatoms. The van der Waals surface area contributed by atoms with Crippen molar-refractivity contribution in [3.63, 3.8) is 0 Å². The second-order valence-corrected chi connectivity index (χ2v) is 11.6. The molecule has 0 atom stereocenters. The highest BCUT2D eigenvalue weighted by atomic mass is 35.5. The minimum atomic E-state index is -0.381. The minimum Gasteiger partial charge on any atom is -0.338 e. The molecule has 5 nitrogen and oxygen atoms in total. The molecule has 43 heavy (non-hydrogen) atoms. The van der Waals surface area contributed by atoms with Crippen LogP contribution in [0, 0.1) is 12.7 Å². The van der Waals surface area contributed by atoms with E-state index in [4.69, 9.17) is 11.6 Å². The third-order valence-corrected chi connectivity index (χ3v) is 8.17. The van der Waals surface area contributed by atoms with E-state index in [2.05, 4.69) is 17.0 Å². The number of hydrogen-bond donors (Lipinski definition) is 0. The second kappa shape index (κ2) is 14.5. The summed E-state index contributed by atoms with van der Waals surface area (Å²) in [6, 6.07) is 29.4. The number of amides is 2. The second-order valence-electron chi connectivity index (χ2n) is 11.1. The van der Waals surface area contributed by atoms with E-state index in [1.54, 1.807) is 12.1 Å². The van der Waals surface area contributed by atoms with Gasteiger partial charge in [-0.1, -0.05) is 72.3 Å². The Balaban J connectivity index is 1.49. The van der Waals surface area contributed by atoms with Gasteiger partial charge < -0.3 is 9.80 Å². The molecule has 4 aromatic rings. The Labute approximate surface area is 258 Å². The van der Waals surface area contributed by atoms with Crippen molar-refractivity contribution >= 4 is 29.1 Å². The van der Waals surface area contributed by atoms with Crippen molar-refractivity contribution in [1.29, 1.82) is 0 Å². The highest BCUT2D eigenvalue weighted by molar-refractivity contribution is 6.30. The Bertz CT molecular complexity index is 1530. The van der Waals surface area contributed by atoms with Gasteiger partial charge in [-0.2, -0.15) is 0 Å². The fourth-order valence-corrected chi connectivity index (χ4v) is 5.86. The molecule has 0 saturated carbocycles. The molecule has 4 aromatic carbocycles. The summed E-state index contributed by atoms with van der Waals surface area (Å²) in [5.74, 6) is -0.535. The van der Waals surface area contributed by atoms with Crippen LogP contribution in [0.15, 0.2) is 97.1 Å². The van der Waals surface area contributed by atoms with Gasteiger partial charge in [0.05, 0.1) is 12.1 Å². The molecule has 0 fully saturated rings. The molecular formula is C36H37ClFN3O2. The summed E-state index contributed by atoms with van der Waals surface area (Å²) in [6.07, 6.45) is 1.87. The topological polar surface area (TPSA) is 43.9 Å². The Morgan fingerprint density at radius 1 is 0.767 bits per heavy atom. The van der Waals surface area contributed by atoms with Gasteiger partial charge >= 0.3 is 0 Å². The lowest BCUT2D eigenvalue weighted by molar-refractivity contribution is -0.131. The number of para-hydroxylation sites is 1. The number of nitrogens with zero attached hydrogens (tertiary/aromatic N) is 3. The van der Waals surface area contributed by atoms with Crippen LogP contribution in [0.25, 0.3) is 0 Å². The van der Waals surface area contributed by atoms with Gasteiger partial charge in [-0.25, -0.2) is 4.39 Å². The van der Waals surface area contributed by atoms with Gasteiger partial charge in [0, 0.05) is 49.9 Å². The average Bonchev–Trinajstić information content (AvgIpc) is 3.00. The maximum atomic E-state index is 14.0. The molecule has 0 unspecified atom stereocenters. The smallest absolute Gasteiger partial charge is 0.258 e. The molecule has 2 amide bonds. The highest BCUT2D eigenvalue weighted by Gasteiger charge is 2.25. The zero-order valence-corrected chi connectivity index (χ0v) is 25.3. The number of anilines is 1. The molecule has 0 spiro atoms. The molecule has 0 saturated heterocycles. The van der Waals surface area contributed by atoms with Gasteiger partial charge in [-0.15, -0.1) is 0 Å². The van der Waals surface area contributed by atoms with E-state index in [0.29, 0.717) is 30.2 Å². The molecule has 1 aliphatic heterocycles. The van der Waals surface area contributed by atoms with Crippen molar-refractivity contribution in [2.75, 3.05) is 31.1 Å². The first-order valence-corrected chi connectivity index (χ1v) is 15.2. The van der Waals surface area contributed by atoms with Crippen LogP contribution >= 0.6 is 11.6 Å². The van der Waals surface area contributed by atoms with Gasteiger partial charge in [0.1, 0.15) is 5.82 Å². The number of carbonyl (C=O) groups is 2. The first kappa shape index (κ1) is 30.5. The summed E-state index contributed by atoms with van der Waals surface area (Å²) in [6.45, 7) is 5.89. The van der Waals surface area contributed by atoms with Crippen LogP contribution in [-0.2, 0) is 24.3 Å². The monoisotopic (exact) mass is 597 g/mol. The molecule has 0 N–H and O–H groups in total. The largest absolute Gasteiger partial charge is 0.338 e. The lowest BCUT2D eigenvalue weighted by Crippen LogP contribution is -2.39. The van der Waals surface area contributed by atoms with Gasteiger partial charge in [0.2, 0.25) is 5.91 Å². The number of fused-ring (bicyclic) bond motifs is 1. The third-order valence-electron chi connectivity index (χ3n) is 7.92. The van der Waals surface area contributed by atoms with Crippen molar-refractivity contribution in [3.05, 3.63) is 136 Å². The summed E-state index contributed by atoms with van der Waals surface area (Å²) in [4.78, 5) is 33.9. The predicted octanol–water partition coefficient (Wildman–Crippen LogP) is 7.30. The molecule has 1 aliphatic rings. The number of halogens is 2. The zero-order valence-electron chi connectivity index (χ0n) is 24.5. The fourth-order valence-electron chi connectivity index (χ4n) is 5.73. The molecule has 1 heterocycles. The Morgan fingerprint density at radius 3 is 2.19 bits per heavy atom. The summed E-state index contributed by atoms with van der Waals surface area (Å²) in [5, 5.41) is 0.635. The Morgan fingerprint density at radius 2 is 1.47 bits per heavy atom. The molecule has 0 bridgehead atoms. The molecule has 222 valence electrons. The normalized spacial score (nSPS) is 14.9. The maximum absolute atomic E-state index is 14.0. The number of hydrogen-bond acceptors (Lipinski definition) is 3. The number of aryl methyl sites for hydroxylation is 1. The zero-order chi connectivity index (χ0) is 30.2.